The topological polar surface area (TPSA) is 75.4 Å². The number of hydrogen-bond acceptors (Lipinski definition) is 4. The molecular formula is C15H16N2O3. The van der Waals surface area contributed by atoms with Crippen molar-refractivity contribution < 1.29 is 10.0 Å². The highest BCUT2D eigenvalue weighted by molar-refractivity contribution is 5.54. The van der Waals surface area contributed by atoms with Gasteiger partial charge in [-0.25, -0.2) is 0 Å². The number of aromatic hydroxyl groups is 1. The van der Waals surface area contributed by atoms with Gasteiger partial charge in [0.2, 0.25) is 0 Å². The molecule has 0 fully saturated rings. The first-order valence-electron chi connectivity index (χ1n) is 6.25. The number of hydrogen-bond donors (Lipinski definition) is 2. The molecule has 0 spiro atoms. The van der Waals surface area contributed by atoms with E-state index in [2.05, 4.69) is 5.32 Å². The molecule has 0 radical (unpaired) electrons. The van der Waals surface area contributed by atoms with Crippen molar-refractivity contribution in [3.8, 4) is 5.75 Å². The Morgan fingerprint density at radius 3 is 2.60 bits per heavy atom. The normalized spacial score (nSPS) is 10.3. The van der Waals surface area contributed by atoms with E-state index < -0.39 is 4.92 Å². The second kappa shape index (κ2) is 5.61. The van der Waals surface area contributed by atoms with Crippen molar-refractivity contribution >= 4 is 11.4 Å². The van der Waals surface area contributed by atoms with Gasteiger partial charge in [-0.15, -0.1) is 0 Å². The van der Waals surface area contributed by atoms with Crippen molar-refractivity contribution in [1.29, 1.82) is 0 Å². The van der Waals surface area contributed by atoms with Crippen LogP contribution < -0.4 is 5.32 Å². The van der Waals surface area contributed by atoms with E-state index in [1.165, 1.54) is 6.07 Å². The van der Waals surface area contributed by atoms with E-state index in [0.29, 0.717) is 12.1 Å². The fourth-order valence-corrected chi connectivity index (χ4v) is 2.02. The molecule has 0 atom stereocenters. The fraction of sp³-hybridized carbons (Fsp3) is 0.200. The van der Waals surface area contributed by atoms with Gasteiger partial charge in [0.1, 0.15) is 5.75 Å². The largest absolute Gasteiger partial charge is 0.508 e. The van der Waals surface area contributed by atoms with E-state index in [-0.39, 0.29) is 11.4 Å². The second-order valence-electron chi connectivity index (χ2n) is 4.74. The average molecular weight is 272 g/mol. The number of nitrogens with one attached hydrogen (secondary N) is 1. The van der Waals surface area contributed by atoms with Crippen molar-refractivity contribution in [3.05, 3.63) is 63.2 Å². The van der Waals surface area contributed by atoms with Crippen LogP contribution >= 0.6 is 0 Å². The summed E-state index contributed by atoms with van der Waals surface area (Å²) < 4.78 is 0. The number of phenolic OH excluding ortho intramolecular Hbond substituents is 1. The van der Waals surface area contributed by atoms with Gasteiger partial charge >= 0.3 is 0 Å². The molecule has 0 aromatic heterocycles. The van der Waals surface area contributed by atoms with Crippen molar-refractivity contribution in [1.82, 2.24) is 0 Å². The zero-order valence-electron chi connectivity index (χ0n) is 11.4. The highest BCUT2D eigenvalue weighted by Crippen LogP contribution is 2.23. The van der Waals surface area contributed by atoms with Crippen LogP contribution in [0, 0.1) is 24.0 Å². The van der Waals surface area contributed by atoms with E-state index in [0.717, 1.165) is 16.8 Å². The van der Waals surface area contributed by atoms with Crippen LogP contribution in [0.2, 0.25) is 0 Å². The standard InChI is InChI=1S/C15H16N2O3/c1-10-3-6-15(18)12(7-10)9-16-13-4-5-14(17(19)20)11(2)8-13/h3-8,16,18H,9H2,1-2H3. The Morgan fingerprint density at radius 2 is 1.95 bits per heavy atom. The van der Waals surface area contributed by atoms with Gasteiger partial charge in [0.05, 0.1) is 4.92 Å². The Morgan fingerprint density at radius 1 is 1.20 bits per heavy atom. The van der Waals surface area contributed by atoms with E-state index in [9.17, 15) is 15.2 Å². The molecule has 104 valence electrons. The van der Waals surface area contributed by atoms with Crippen LogP contribution in [-0.4, -0.2) is 10.0 Å². The van der Waals surface area contributed by atoms with Crippen molar-refractivity contribution in [2.75, 3.05) is 5.32 Å². The lowest BCUT2D eigenvalue weighted by atomic mass is 10.1. The molecule has 0 heterocycles. The van der Waals surface area contributed by atoms with Crippen LogP contribution in [0.15, 0.2) is 36.4 Å². The Bertz CT molecular complexity index is 654. The van der Waals surface area contributed by atoms with Gasteiger partial charge in [0.25, 0.3) is 5.69 Å². The smallest absolute Gasteiger partial charge is 0.272 e. The maximum absolute atomic E-state index is 10.7. The third kappa shape index (κ3) is 3.06. The van der Waals surface area contributed by atoms with Crippen LogP contribution in [-0.2, 0) is 6.54 Å². The molecule has 2 aromatic rings. The van der Waals surface area contributed by atoms with E-state index in [1.807, 2.05) is 19.1 Å². The summed E-state index contributed by atoms with van der Waals surface area (Å²) in [4.78, 5) is 10.3. The Balaban J connectivity index is 2.13. The summed E-state index contributed by atoms with van der Waals surface area (Å²) in [5, 5.41) is 23.7. The summed E-state index contributed by atoms with van der Waals surface area (Å²) >= 11 is 0. The fourth-order valence-electron chi connectivity index (χ4n) is 2.02. The molecule has 0 aliphatic rings. The molecule has 2 N–H and O–H groups in total. The average Bonchev–Trinajstić information content (AvgIpc) is 2.39. The minimum Gasteiger partial charge on any atom is -0.508 e. The zero-order valence-corrected chi connectivity index (χ0v) is 11.4. The number of aryl methyl sites for hydroxylation is 2. The molecule has 0 bridgehead atoms. The van der Waals surface area contributed by atoms with Crippen LogP contribution in [0.25, 0.3) is 0 Å². The van der Waals surface area contributed by atoms with Crippen LogP contribution in [0.5, 0.6) is 5.75 Å². The van der Waals surface area contributed by atoms with Crippen molar-refractivity contribution in [2.24, 2.45) is 0 Å². The van der Waals surface area contributed by atoms with Crippen LogP contribution in [0.4, 0.5) is 11.4 Å². The van der Waals surface area contributed by atoms with Gasteiger partial charge in [-0.2, -0.15) is 0 Å². The third-order valence-corrected chi connectivity index (χ3v) is 3.11. The highest BCUT2D eigenvalue weighted by Gasteiger charge is 2.10. The monoisotopic (exact) mass is 272 g/mol. The Labute approximate surface area is 117 Å². The van der Waals surface area contributed by atoms with Gasteiger partial charge in [-0.1, -0.05) is 17.7 Å². The van der Waals surface area contributed by atoms with E-state index in [1.54, 1.807) is 25.1 Å². The second-order valence-corrected chi connectivity index (χ2v) is 4.74. The van der Waals surface area contributed by atoms with Gasteiger partial charge in [0.15, 0.2) is 0 Å². The zero-order chi connectivity index (χ0) is 14.7. The predicted octanol–water partition coefficient (Wildman–Crippen LogP) is 3.53. The molecule has 20 heavy (non-hydrogen) atoms. The minimum absolute atomic E-state index is 0.106. The maximum atomic E-state index is 10.7. The van der Waals surface area contributed by atoms with Crippen molar-refractivity contribution in [3.63, 3.8) is 0 Å². The number of nitro benzene ring substituents is 1. The predicted molar refractivity (Wildman–Crippen MR) is 78.0 cm³/mol. The molecule has 0 saturated carbocycles. The Hall–Kier alpha value is -2.56. The van der Waals surface area contributed by atoms with E-state index in [4.69, 9.17) is 0 Å². The molecular weight excluding hydrogens is 256 g/mol. The molecule has 2 aromatic carbocycles. The van der Waals surface area contributed by atoms with Gasteiger partial charge < -0.3 is 10.4 Å². The van der Waals surface area contributed by atoms with E-state index >= 15 is 0 Å². The molecule has 0 aliphatic carbocycles. The number of benzene rings is 2. The van der Waals surface area contributed by atoms with Crippen LogP contribution in [0.1, 0.15) is 16.7 Å². The first kappa shape index (κ1) is 13.9. The van der Waals surface area contributed by atoms with Gasteiger partial charge in [-0.05, 0) is 32.0 Å². The lowest BCUT2D eigenvalue weighted by Crippen LogP contribution is -2.01. The highest BCUT2D eigenvalue weighted by atomic mass is 16.6. The number of anilines is 1. The quantitative estimate of drug-likeness (QED) is 0.659. The molecule has 0 unspecified atom stereocenters. The molecule has 0 aliphatic heterocycles. The lowest BCUT2D eigenvalue weighted by molar-refractivity contribution is -0.385. The summed E-state index contributed by atoms with van der Waals surface area (Å²) in [6.07, 6.45) is 0. The molecule has 2 rings (SSSR count). The third-order valence-electron chi connectivity index (χ3n) is 3.11. The summed E-state index contributed by atoms with van der Waals surface area (Å²) in [6, 6.07) is 10.3. The SMILES string of the molecule is Cc1ccc(O)c(CNc2ccc([N+](=O)[O-])c(C)c2)c1. The molecule has 0 amide bonds. The first-order chi connectivity index (χ1) is 9.47. The number of nitro groups is 1. The number of nitrogens with zero attached hydrogens (tertiary/aromatic N) is 1. The minimum atomic E-state index is -0.397. The van der Waals surface area contributed by atoms with Gasteiger partial charge in [0, 0.05) is 29.4 Å². The van der Waals surface area contributed by atoms with Crippen molar-refractivity contribution in [2.45, 2.75) is 20.4 Å². The molecule has 5 heteroatoms. The molecule has 0 saturated heterocycles. The number of phenols is 1. The summed E-state index contributed by atoms with van der Waals surface area (Å²) in [6.45, 7) is 4.12. The molecule has 5 nitrogen and oxygen atoms in total. The number of rotatable bonds is 4. The summed E-state index contributed by atoms with van der Waals surface area (Å²) in [5.74, 6) is 0.238. The maximum Gasteiger partial charge on any atom is 0.272 e. The first-order valence-corrected chi connectivity index (χ1v) is 6.25. The van der Waals surface area contributed by atoms with Crippen LogP contribution in [0.3, 0.4) is 0 Å². The Kier molecular flexibility index (Phi) is 3.89. The summed E-state index contributed by atoms with van der Waals surface area (Å²) in [7, 11) is 0. The lowest BCUT2D eigenvalue weighted by Gasteiger charge is -2.09. The summed E-state index contributed by atoms with van der Waals surface area (Å²) in [5.41, 5.74) is 3.36. The van der Waals surface area contributed by atoms with Gasteiger partial charge in [-0.3, -0.25) is 10.1 Å².